The Balaban J connectivity index is 1.94. The summed E-state index contributed by atoms with van der Waals surface area (Å²) in [6.45, 7) is 1.62. The van der Waals surface area contributed by atoms with E-state index in [9.17, 15) is 4.79 Å². The second-order valence-electron chi connectivity index (χ2n) is 6.30. The van der Waals surface area contributed by atoms with Gasteiger partial charge >= 0.3 is 6.03 Å². The summed E-state index contributed by atoms with van der Waals surface area (Å²) >= 11 is 6.22. The maximum absolute atomic E-state index is 12.7. The molecule has 0 bridgehead atoms. The summed E-state index contributed by atoms with van der Waals surface area (Å²) in [5, 5.41) is 3.80. The van der Waals surface area contributed by atoms with Gasteiger partial charge in [-0.25, -0.2) is 4.79 Å². The topological polar surface area (TPSA) is 35.6 Å². The lowest BCUT2D eigenvalue weighted by molar-refractivity contribution is 0.242. The number of amides is 2. The predicted molar refractivity (Wildman–Crippen MR) is 98.8 cm³/mol. The van der Waals surface area contributed by atoms with Gasteiger partial charge in [0.05, 0.1) is 11.7 Å². The molecule has 0 aromatic heterocycles. The van der Waals surface area contributed by atoms with Crippen molar-refractivity contribution in [2.45, 2.75) is 12.5 Å². The number of hydrogen-bond donors (Lipinski definition) is 1. The first-order valence-electron chi connectivity index (χ1n) is 8.13. The summed E-state index contributed by atoms with van der Waals surface area (Å²) in [7, 11) is 4.07. The number of carbonyl (C=O) groups excluding carboxylic acids is 1. The molecule has 0 fully saturated rings. The van der Waals surface area contributed by atoms with Crippen molar-refractivity contribution in [1.29, 1.82) is 0 Å². The Morgan fingerprint density at radius 2 is 1.92 bits per heavy atom. The van der Waals surface area contributed by atoms with E-state index in [0.29, 0.717) is 11.6 Å². The van der Waals surface area contributed by atoms with Crippen LogP contribution in [0.1, 0.15) is 23.6 Å². The van der Waals surface area contributed by atoms with Crippen molar-refractivity contribution in [3.63, 3.8) is 0 Å². The molecule has 4 nitrogen and oxygen atoms in total. The van der Waals surface area contributed by atoms with Crippen LogP contribution in [0.4, 0.5) is 10.5 Å². The fraction of sp³-hybridized carbons (Fsp3) is 0.316. The average Bonchev–Trinajstić information content (AvgIpc) is 2.57. The molecule has 24 heavy (non-hydrogen) atoms. The Morgan fingerprint density at radius 3 is 2.62 bits per heavy atom. The Bertz CT molecular complexity index is 718. The third kappa shape index (κ3) is 3.55. The predicted octanol–water partition coefficient (Wildman–Crippen LogP) is 3.91. The Kier molecular flexibility index (Phi) is 5.07. The minimum atomic E-state index is -0.169. The number of hydrogen-bond acceptors (Lipinski definition) is 2. The first-order chi connectivity index (χ1) is 11.6. The van der Waals surface area contributed by atoms with Gasteiger partial charge in [-0.15, -0.1) is 0 Å². The molecule has 0 radical (unpaired) electrons. The minimum absolute atomic E-state index is 0.0579. The lowest BCUT2D eigenvalue weighted by Gasteiger charge is -2.35. The van der Waals surface area contributed by atoms with Crippen molar-refractivity contribution in [3.05, 3.63) is 64.7 Å². The molecule has 1 aliphatic rings. The molecule has 1 aliphatic heterocycles. The van der Waals surface area contributed by atoms with Crippen molar-refractivity contribution < 1.29 is 4.79 Å². The molecule has 1 heterocycles. The van der Waals surface area contributed by atoms with Crippen LogP contribution in [0.3, 0.4) is 0 Å². The molecule has 1 N–H and O–H groups in total. The lowest BCUT2D eigenvalue weighted by atomic mass is 9.95. The van der Waals surface area contributed by atoms with Crippen molar-refractivity contribution in [3.8, 4) is 0 Å². The van der Waals surface area contributed by atoms with E-state index in [1.54, 1.807) is 0 Å². The van der Waals surface area contributed by atoms with E-state index in [1.807, 2.05) is 67.5 Å². The minimum Gasteiger partial charge on any atom is -0.327 e. The summed E-state index contributed by atoms with van der Waals surface area (Å²) < 4.78 is 0. The van der Waals surface area contributed by atoms with Crippen LogP contribution in [0.15, 0.2) is 48.5 Å². The number of carbonyl (C=O) groups is 1. The summed E-state index contributed by atoms with van der Waals surface area (Å²) in [5.41, 5.74) is 3.04. The van der Waals surface area contributed by atoms with Gasteiger partial charge in [0.1, 0.15) is 0 Å². The SMILES string of the molecule is CN(C)CCCN1C(=O)NC(c2ccccc2)c2cc(Cl)ccc21. The molecule has 0 aliphatic carbocycles. The van der Waals surface area contributed by atoms with Gasteiger partial charge in [0, 0.05) is 17.1 Å². The molecular formula is C19H22ClN3O. The summed E-state index contributed by atoms with van der Waals surface area (Å²) in [6, 6.07) is 15.5. The third-order valence-electron chi connectivity index (χ3n) is 4.22. The van der Waals surface area contributed by atoms with Gasteiger partial charge in [0.15, 0.2) is 0 Å². The molecule has 5 heteroatoms. The van der Waals surface area contributed by atoms with E-state index in [4.69, 9.17) is 11.6 Å². The number of rotatable bonds is 5. The van der Waals surface area contributed by atoms with Gasteiger partial charge in [-0.3, -0.25) is 4.90 Å². The molecule has 2 amide bonds. The van der Waals surface area contributed by atoms with E-state index in [0.717, 1.165) is 29.8 Å². The normalized spacial score (nSPS) is 16.9. The van der Waals surface area contributed by atoms with E-state index < -0.39 is 0 Å². The highest BCUT2D eigenvalue weighted by molar-refractivity contribution is 6.30. The maximum atomic E-state index is 12.7. The van der Waals surface area contributed by atoms with E-state index >= 15 is 0 Å². The Labute approximate surface area is 148 Å². The van der Waals surface area contributed by atoms with Gasteiger partial charge < -0.3 is 10.2 Å². The largest absolute Gasteiger partial charge is 0.327 e. The molecule has 1 unspecified atom stereocenters. The Hall–Kier alpha value is -2.04. The van der Waals surface area contributed by atoms with Gasteiger partial charge in [0.2, 0.25) is 0 Å². The first-order valence-corrected chi connectivity index (χ1v) is 8.51. The van der Waals surface area contributed by atoms with Gasteiger partial charge in [-0.1, -0.05) is 41.9 Å². The molecular weight excluding hydrogens is 322 g/mol. The molecule has 0 spiro atoms. The lowest BCUT2D eigenvalue weighted by Crippen LogP contribution is -2.47. The van der Waals surface area contributed by atoms with E-state index in [2.05, 4.69) is 10.2 Å². The average molecular weight is 344 g/mol. The fourth-order valence-electron chi connectivity index (χ4n) is 3.07. The number of nitrogens with one attached hydrogen (secondary N) is 1. The highest BCUT2D eigenvalue weighted by Gasteiger charge is 2.31. The smallest absolute Gasteiger partial charge is 0.322 e. The monoisotopic (exact) mass is 343 g/mol. The summed E-state index contributed by atoms with van der Waals surface area (Å²) in [4.78, 5) is 16.6. The van der Waals surface area contributed by atoms with E-state index in [1.165, 1.54) is 0 Å². The van der Waals surface area contributed by atoms with Crippen LogP contribution in [-0.2, 0) is 0 Å². The number of fused-ring (bicyclic) bond motifs is 1. The van der Waals surface area contributed by atoms with Crippen LogP contribution < -0.4 is 10.2 Å². The molecule has 0 saturated heterocycles. The van der Waals surface area contributed by atoms with Crippen LogP contribution in [-0.4, -0.2) is 38.1 Å². The second kappa shape index (κ2) is 7.24. The van der Waals surface area contributed by atoms with Crippen LogP contribution in [0.25, 0.3) is 0 Å². The van der Waals surface area contributed by atoms with Crippen molar-refractivity contribution >= 4 is 23.3 Å². The summed E-state index contributed by atoms with van der Waals surface area (Å²) in [6.07, 6.45) is 0.915. The van der Waals surface area contributed by atoms with Gasteiger partial charge in [-0.05, 0) is 50.8 Å². The molecule has 126 valence electrons. The fourth-order valence-corrected chi connectivity index (χ4v) is 3.25. The summed E-state index contributed by atoms with van der Waals surface area (Å²) in [5.74, 6) is 0. The molecule has 2 aromatic rings. The molecule has 0 saturated carbocycles. The first kappa shape index (κ1) is 16.8. The third-order valence-corrected chi connectivity index (χ3v) is 4.46. The highest BCUT2D eigenvalue weighted by Crippen LogP contribution is 2.36. The molecule has 2 aromatic carbocycles. The number of anilines is 1. The zero-order valence-corrected chi connectivity index (χ0v) is 14.8. The quantitative estimate of drug-likeness (QED) is 0.893. The maximum Gasteiger partial charge on any atom is 0.322 e. The number of nitrogens with zero attached hydrogens (tertiary/aromatic N) is 2. The number of benzene rings is 2. The van der Waals surface area contributed by atoms with Crippen molar-refractivity contribution in [2.75, 3.05) is 32.1 Å². The van der Waals surface area contributed by atoms with Crippen molar-refractivity contribution in [2.24, 2.45) is 0 Å². The van der Waals surface area contributed by atoms with Gasteiger partial charge in [-0.2, -0.15) is 0 Å². The zero-order chi connectivity index (χ0) is 17.1. The van der Waals surface area contributed by atoms with Gasteiger partial charge in [0.25, 0.3) is 0 Å². The van der Waals surface area contributed by atoms with Crippen LogP contribution in [0.5, 0.6) is 0 Å². The van der Waals surface area contributed by atoms with Crippen LogP contribution >= 0.6 is 11.6 Å². The van der Waals surface area contributed by atoms with Crippen LogP contribution in [0.2, 0.25) is 5.02 Å². The second-order valence-corrected chi connectivity index (χ2v) is 6.74. The highest BCUT2D eigenvalue weighted by atomic mass is 35.5. The number of halogens is 1. The van der Waals surface area contributed by atoms with Crippen molar-refractivity contribution in [1.82, 2.24) is 10.2 Å². The molecule has 3 rings (SSSR count). The standard InChI is InChI=1S/C19H22ClN3O/c1-22(2)11-6-12-23-17-10-9-15(20)13-16(17)18(21-19(23)24)14-7-4-3-5-8-14/h3-5,7-10,13,18H,6,11-12H2,1-2H3,(H,21,24). The molecule has 1 atom stereocenters. The zero-order valence-electron chi connectivity index (χ0n) is 14.0. The Morgan fingerprint density at radius 1 is 1.17 bits per heavy atom. The number of urea groups is 1. The van der Waals surface area contributed by atoms with Crippen LogP contribution in [0, 0.1) is 0 Å². The van der Waals surface area contributed by atoms with E-state index in [-0.39, 0.29) is 12.1 Å².